The lowest BCUT2D eigenvalue weighted by Gasteiger charge is -2.30. The van der Waals surface area contributed by atoms with Gasteiger partial charge in [0.2, 0.25) is 18.2 Å². The monoisotopic (exact) mass is 296 g/mol. The Morgan fingerprint density at radius 2 is 2.10 bits per heavy atom. The minimum absolute atomic E-state index is 0.0202. The highest BCUT2D eigenvalue weighted by Crippen LogP contribution is 2.20. The number of carbonyl (C=O) groups is 3. The number of halogens is 2. The third-order valence-corrected chi connectivity index (χ3v) is 3.52. The van der Waals surface area contributed by atoms with Crippen molar-refractivity contribution >= 4 is 18.2 Å². The summed E-state index contributed by atoms with van der Waals surface area (Å²) in [6.45, 7) is 1.36. The number of hydrogen-bond donors (Lipinski definition) is 1. The van der Waals surface area contributed by atoms with Crippen molar-refractivity contribution in [3.05, 3.63) is 34.9 Å². The molecule has 21 heavy (non-hydrogen) atoms. The van der Waals surface area contributed by atoms with E-state index in [0.717, 1.165) is 11.0 Å². The summed E-state index contributed by atoms with van der Waals surface area (Å²) in [5.74, 6) is -3.05. The third-order valence-electron chi connectivity index (χ3n) is 3.52. The number of nitrogens with one attached hydrogen (secondary N) is 1. The molecule has 3 amide bonds. The second-order valence-corrected chi connectivity index (χ2v) is 4.90. The molecule has 0 aliphatic carbocycles. The van der Waals surface area contributed by atoms with Crippen LogP contribution >= 0.6 is 0 Å². The third kappa shape index (κ3) is 3.07. The molecule has 1 fully saturated rings. The maximum Gasteiger partial charge on any atom is 0.249 e. The van der Waals surface area contributed by atoms with E-state index in [-0.39, 0.29) is 24.9 Å². The van der Waals surface area contributed by atoms with Gasteiger partial charge in [-0.15, -0.1) is 0 Å². The average molecular weight is 296 g/mol. The Bertz CT molecular complexity index is 604. The molecule has 1 aliphatic heterocycles. The fraction of sp³-hybridized carbons (Fsp3) is 0.357. The number of imide groups is 1. The van der Waals surface area contributed by atoms with Gasteiger partial charge in [-0.25, -0.2) is 8.78 Å². The summed E-state index contributed by atoms with van der Waals surface area (Å²) in [4.78, 5) is 35.1. The predicted molar refractivity (Wildman–Crippen MR) is 68.9 cm³/mol. The zero-order chi connectivity index (χ0) is 15.6. The van der Waals surface area contributed by atoms with E-state index in [1.807, 2.05) is 0 Å². The normalized spacial score (nSPS) is 18.3. The van der Waals surface area contributed by atoms with E-state index in [0.29, 0.717) is 12.0 Å². The molecule has 7 heteroatoms. The molecule has 1 aromatic carbocycles. The zero-order valence-corrected chi connectivity index (χ0v) is 11.4. The lowest BCUT2D eigenvalue weighted by Crippen LogP contribution is -2.51. The van der Waals surface area contributed by atoms with Crippen LogP contribution in [0, 0.1) is 18.6 Å². The molecule has 1 atom stereocenters. The topological polar surface area (TPSA) is 66.5 Å². The van der Waals surface area contributed by atoms with E-state index < -0.39 is 29.5 Å². The lowest BCUT2D eigenvalue weighted by atomic mass is 10.0. The summed E-state index contributed by atoms with van der Waals surface area (Å²) in [5, 5.41) is 2.12. The molecular weight excluding hydrogens is 282 g/mol. The second-order valence-electron chi connectivity index (χ2n) is 4.90. The largest absolute Gasteiger partial charge is 0.329 e. The Hall–Kier alpha value is -2.31. The van der Waals surface area contributed by atoms with Crippen molar-refractivity contribution in [3.8, 4) is 0 Å². The number of amides is 3. The number of hydrogen-bond acceptors (Lipinski definition) is 3. The molecule has 1 unspecified atom stereocenters. The van der Waals surface area contributed by atoms with Gasteiger partial charge in [0.15, 0.2) is 11.6 Å². The van der Waals surface area contributed by atoms with Gasteiger partial charge in [0.05, 0.1) is 0 Å². The van der Waals surface area contributed by atoms with Crippen LogP contribution in [0.3, 0.4) is 0 Å². The highest BCUT2D eigenvalue weighted by molar-refractivity contribution is 6.00. The van der Waals surface area contributed by atoms with Gasteiger partial charge in [-0.3, -0.25) is 19.7 Å². The number of aryl methyl sites for hydroxylation is 1. The van der Waals surface area contributed by atoms with Gasteiger partial charge < -0.3 is 4.90 Å². The van der Waals surface area contributed by atoms with Crippen LogP contribution < -0.4 is 5.32 Å². The Labute approximate surface area is 119 Å². The summed E-state index contributed by atoms with van der Waals surface area (Å²) in [7, 11) is 0. The number of benzene rings is 1. The molecule has 1 saturated heterocycles. The zero-order valence-electron chi connectivity index (χ0n) is 11.4. The maximum absolute atomic E-state index is 13.8. The maximum atomic E-state index is 13.8. The Morgan fingerprint density at radius 3 is 2.71 bits per heavy atom. The molecule has 0 aromatic heterocycles. The Kier molecular flexibility index (Phi) is 4.30. The highest BCUT2D eigenvalue weighted by atomic mass is 19.2. The number of nitrogens with zero attached hydrogens (tertiary/aromatic N) is 1. The summed E-state index contributed by atoms with van der Waals surface area (Å²) in [6, 6.07) is 1.55. The van der Waals surface area contributed by atoms with Crippen molar-refractivity contribution in [3.63, 3.8) is 0 Å². The number of piperidine rings is 1. The summed E-state index contributed by atoms with van der Waals surface area (Å²) in [5.41, 5.74) is 0.500. The number of carbonyl (C=O) groups excluding carboxylic acids is 3. The van der Waals surface area contributed by atoms with Gasteiger partial charge in [-0.1, -0.05) is 6.07 Å². The molecule has 1 heterocycles. The average Bonchev–Trinajstić information content (AvgIpc) is 2.44. The van der Waals surface area contributed by atoms with Crippen molar-refractivity contribution in [1.29, 1.82) is 0 Å². The summed E-state index contributed by atoms with van der Waals surface area (Å²) >= 11 is 0. The van der Waals surface area contributed by atoms with Gasteiger partial charge in [-0.2, -0.15) is 0 Å². The fourth-order valence-electron chi connectivity index (χ4n) is 2.29. The molecule has 0 saturated carbocycles. The van der Waals surface area contributed by atoms with Crippen LogP contribution in [0.25, 0.3) is 0 Å². The van der Waals surface area contributed by atoms with Crippen molar-refractivity contribution < 1.29 is 23.2 Å². The predicted octanol–water partition coefficient (Wildman–Crippen LogP) is 1.04. The fourth-order valence-corrected chi connectivity index (χ4v) is 2.29. The van der Waals surface area contributed by atoms with Crippen LogP contribution in [-0.4, -0.2) is 29.2 Å². The van der Waals surface area contributed by atoms with Gasteiger partial charge in [-0.05, 0) is 25.0 Å². The summed E-state index contributed by atoms with van der Waals surface area (Å²) < 4.78 is 27.1. The van der Waals surface area contributed by atoms with Crippen LogP contribution in [0.15, 0.2) is 12.1 Å². The van der Waals surface area contributed by atoms with E-state index in [1.165, 1.54) is 6.07 Å². The minimum atomic E-state index is -1.03. The Balaban J connectivity index is 2.24. The lowest BCUT2D eigenvalue weighted by molar-refractivity contribution is -0.141. The number of rotatable bonds is 4. The van der Waals surface area contributed by atoms with E-state index in [1.54, 1.807) is 6.92 Å². The van der Waals surface area contributed by atoms with Crippen molar-refractivity contribution in [2.24, 2.45) is 0 Å². The van der Waals surface area contributed by atoms with Gasteiger partial charge in [0, 0.05) is 18.5 Å². The van der Waals surface area contributed by atoms with E-state index in [4.69, 9.17) is 0 Å². The van der Waals surface area contributed by atoms with E-state index >= 15 is 0 Å². The van der Waals surface area contributed by atoms with Crippen LogP contribution in [0.4, 0.5) is 8.78 Å². The van der Waals surface area contributed by atoms with Crippen LogP contribution in [0.1, 0.15) is 24.0 Å². The first-order valence-electron chi connectivity index (χ1n) is 6.42. The molecule has 0 bridgehead atoms. The van der Waals surface area contributed by atoms with Gasteiger partial charge in [0.25, 0.3) is 0 Å². The van der Waals surface area contributed by atoms with Crippen molar-refractivity contribution in [1.82, 2.24) is 10.2 Å². The van der Waals surface area contributed by atoms with Gasteiger partial charge >= 0.3 is 0 Å². The van der Waals surface area contributed by atoms with E-state index in [9.17, 15) is 23.2 Å². The molecule has 2 rings (SSSR count). The van der Waals surface area contributed by atoms with Crippen LogP contribution in [0.2, 0.25) is 0 Å². The SMILES string of the molecule is Cc1ccc(F)c(F)c1CN(C=O)C1CCC(=O)NC1=O. The van der Waals surface area contributed by atoms with Crippen LogP contribution in [0.5, 0.6) is 0 Å². The standard InChI is InChI=1S/C14H14F2N2O3/c1-8-2-3-10(15)13(16)9(8)6-18(7-19)11-4-5-12(20)17-14(11)21/h2-3,7,11H,4-6H2,1H3,(H,17,20,21). The smallest absolute Gasteiger partial charge is 0.249 e. The van der Waals surface area contributed by atoms with Gasteiger partial charge in [0.1, 0.15) is 6.04 Å². The molecule has 1 aromatic rings. The molecule has 112 valence electrons. The minimum Gasteiger partial charge on any atom is -0.329 e. The highest BCUT2D eigenvalue weighted by Gasteiger charge is 2.31. The van der Waals surface area contributed by atoms with E-state index in [2.05, 4.69) is 5.32 Å². The molecule has 0 radical (unpaired) electrons. The molecule has 1 N–H and O–H groups in total. The first-order valence-corrected chi connectivity index (χ1v) is 6.42. The molecule has 1 aliphatic rings. The molecule has 0 spiro atoms. The first-order chi connectivity index (χ1) is 9.93. The van der Waals surface area contributed by atoms with Crippen molar-refractivity contribution in [2.45, 2.75) is 32.4 Å². The molecule has 5 nitrogen and oxygen atoms in total. The quantitative estimate of drug-likeness (QED) is 0.667. The Morgan fingerprint density at radius 1 is 1.38 bits per heavy atom. The summed E-state index contributed by atoms with van der Waals surface area (Å²) in [6.07, 6.45) is 0.675. The molecular formula is C14H14F2N2O3. The first kappa shape index (κ1) is 15.1. The second kappa shape index (κ2) is 5.99. The van der Waals surface area contributed by atoms with Crippen molar-refractivity contribution in [2.75, 3.05) is 0 Å². The van der Waals surface area contributed by atoms with Crippen LogP contribution in [-0.2, 0) is 20.9 Å².